The SMILES string of the molecule is Cc1cn([C@H]2CCN3O[C@@H](COC4CCCCO4)C[C@H]23)c(=O)[nH]c1=O. The number of hydrogen-bond acceptors (Lipinski definition) is 6. The maximum absolute atomic E-state index is 12.2. The van der Waals surface area contributed by atoms with Crippen LogP contribution in [0.25, 0.3) is 0 Å². The number of aromatic amines is 1. The molecule has 0 spiro atoms. The van der Waals surface area contributed by atoms with Crippen LogP contribution in [0.15, 0.2) is 15.8 Å². The molecule has 4 atom stereocenters. The monoisotopic (exact) mass is 351 g/mol. The third-order valence-electron chi connectivity index (χ3n) is 5.36. The van der Waals surface area contributed by atoms with Gasteiger partial charge in [-0.2, -0.15) is 5.06 Å². The van der Waals surface area contributed by atoms with E-state index in [2.05, 4.69) is 4.98 Å². The predicted octanol–water partition coefficient (Wildman–Crippen LogP) is 0.708. The molecule has 25 heavy (non-hydrogen) atoms. The Bertz CT molecular complexity index is 724. The van der Waals surface area contributed by atoms with Crippen LogP contribution in [-0.2, 0) is 14.3 Å². The van der Waals surface area contributed by atoms with Crippen LogP contribution >= 0.6 is 0 Å². The van der Waals surface area contributed by atoms with E-state index in [0.29, 0.717) is 12.2 Å². The van der Waals surface area contributed by atoms with Crippen molar-refractivity contribution >= 4 is 0 Å². The van der Waals surface area contributed by atoms with E-state index >= 15 is 0 Å². The molecule has 1 aromatic heterocycles. The molecule has 1 aromatic rings. The van der Waals surface area contributed by atoms with Crippen molar-refractivity contribution in [1.29, 1.82) is 0 Å². The molecule has 1 unspecified atom stereocenters. The number of ether oxygens (including phenoxy) is 2. The molecule has 8 heteroatoms. The standard InChI is InChI=1S/C17H25N3O5/c1-11-9-19(17(22)18-16(11)21)13-5-6-20-14(13)8-12(25-20)10-24-15-4-2-3-7-23-15/h9,12-15H,2-8,10H2,1H3,(H,18,21,22)/t12-,13+,14-,15?/m1/s1. The number of rotatable bonds is 4. The summed E-state index contributed by atoms with van der Waals surface area (Å²) in [5.41, 5.74) is -0.124. The fraction of sp³-hybridized carbons (Fsp3) is 0.765. The number of hydroxylamine groups is 2. The highest BCUT2D eigenvalue weighted by molar-refractivity contribution is 5.04. The number of nitrogens with zero attached hydrogens (tertiary/aromatic N) is 2. The lowest BCUT2D eigenvalue weighted by molar-refractivity contribution is -0.206. The van der Waals surface area contributed by atoms with Crippen molar-refractivity contribution in [2.75, 3.05) is 19.8 Å². The summed E-state index contributed by atoms with van der Waals surface area (Å²) in [6.45, 7) is 3.76. The summed E-state index contributed by atoms with van der Waals surface area (Å²) in [4.78, 5) is 32.2. The van der Waals surface area contributed by atoms with Crippen LogP contribution in [0.1, 0.15) is 43.7 Å². The molecule has 1 N–H and O–H groups in total. The van der Waals surface area contributed by atoms with Gasteiger partial charge >= 0.3 is 5.69 Å². The van der Waals surface area contributed by atoms with Gasteiger partial charge in [0.1, 0.15) is 6.10 Å². The Morgan fingerprint density at radius 1 is 1.28 bits per heavy atom. The van der Waals surface area contributed by atoms with Gasteiger partial charge in [0.2, 0.25) is 0 Å². The van der Waals surface area contributed by atoms with Crippen LogP contribution in [-0.4, -0.2) is 52.8 Å². The van der Waals surface area contributed by atoms with E-state index in [1.54, 1.807) is 17.7 Å². The topological polar surface area (TPSA) is 85.8 Å². The first-order valence-electron chi connectivity index (χ1n) is 9.10. The van der Waals surface area contributed by atoms with Crippen LogP contribution < -0.4 is 11.2 Å². The molecule has 3 fully saturated rings. The van der Waals surface area contributed by atoms with Gasteiger partial charge in [0.15, 0.2) is 6.29 Å². The molecule has 0 radical (unpaired) electrons. The summed E-state index contributed by atoms with van der Waals surface area (Å²) < 4.78 is 13.1. The smallest absolute Gasteiger partial charge is 0.328 e. The number of fused-ring (bicyclic) bond motifs is 1. The molecule has 4 heterocycles. The second-order valence-electron chi connectivity index (χ2n) is 7.14. The Kier molecular flexibility index (Phi) is 4.77. The lowest BCUT2D eigenvalue weighted by Crippen LogP contribution is -2.37. The van der Waals surface area contributed by atoms with Crippen molar-refractivity contribution in [3.8, 4) is 0 Å². The summed E-state index contributed by atoms with van der Waals surface area (Å²) in [5, 5.41) is 1.97. The van der Waals surface area contributed by atoms with Crippen molar-refractivity contribution in [1.82, 2.24) is 14.6 Å². The van der Waals surface area contributed by atoms with Gasteiger partial charge < -0.3 is 9.47 Å². The molecule has 3 aliphatic heterocycles. The number of nitrogens with one attached hydrogen (secondary N) is 1. The summed E-state index contributed by atoms with van der Waals surface area (Å²) in [6.07, 6.45) is 6.35. The van der Waals surface area contributed by atoms with Gasteiger partial charge in [-0.3, -0.25) is 19.2 Å². The van der Waals surface area contributed by atoms with Gasteiger partial charge in [0, 0.05) is 24.9 Å². The maximum Gasteiger partial charge on any atom is 0.328 e. The second-order valence-corrected chi connectivity index (χ2v) is 7.14. The molecular formula is C17H25N3O5. The van der Waals surface area contributed by atoms with Gasteiger partial charge in [-0.15, -0.1) is 0 Å². The number of H-pyrrole nitrogens is 1. The van der Waals surface area contributed by atoms with E-state index in [0.717, 1.165) is 45.3 Å². The fourth-order valence-electron chi connectivity index (χ4n) is 4.03. The summed E-state index contributed by atoms with van der Waals surface area (Å²) in [6, 6.07) is 0.142. The lowest BCUT2D eigenvalue weighted by atomic mass is 10.0. The lowest BCUT2D eigenvalue weighted by Gasteiger charge is -2.24. The fourth-order valence-corrected chi connectivity index (χ4v) is 4.03. The van der Waals surface area contributed by atoms with Crippen LogP contribution in [0, 0.1) is 6.92 Å². The average Bonchev–Trinajstić information content (AvgIpc) is 3.18. The largest absolute Gasteiger partial charge is 0.353 e. The van der Waals surface area contributed by atoms with Gasteiger partial charge in [-0.1, -0.05) is 0 Å². The first-order chi connectivity index (χ1) is 12.1. The van der Waals surface area contributed by atoms with E-state index in [9.17, 15) is 9.59 Å². The minimum absolute atomic E-state index is 0.0129. The molecule has 138 valence electrons. The van der Waals surface area contributed by atoms with Gasteiger partial charge in [0.25, 0.3) is 5.56 Å². The normalized spacial score (nSPS) is 32.8. The van der Waals surface area contributed by atoms with Crippen molar-refractivity contribution in [3.63, 3.8) is 0 Å². The van der Waals surface area contributed by atoms with Crippen LogP contribution in [0.5, 0.6) is 0 Å². The number of hydrogen-bond donors (Lipinski definition) is 1. The maximum atomic E-state index is 12.2. The molecule has 4 rings (SSSR count). The first kappa shape index (κ1) is 17.0. The third kappa shape index (κ3) is 3.44. The summed E-state index contributed by atoms with van der Waals surface area (Å²) in [5.74, 6) is 0. The van der Waals surface area contributed by atoms with Crippen molar-refractivity contribution < 1.29 is 14.3 Å². The Morgan fingerprint density at radius 3 is 2.96 bits per heavy atom. The Labute approximate surface area is 145 Å². The minimum Gasteiger partial charge on any atom is -0.353 e. The summed E-state index contributed by atoms with van der Waals surface area (Å²) in [7, 11) is 0. The molecule has 3 aliphatic rings. The molecule has 3 saturated heterocycles. The molecule has 0 saturated carbocycles. The van der Waals surface area contributed by atoms with Gasteiger partial charge in [0.05, 0.1) is 18.7 Å². The highest BCUT2D eigenvalue weighted by atomic mass is 16.7. The Morgan fingerprint density at radius 2 is 2.16 bits per heavy atom. The number of aryl methyl sites for hydroxylation is 1. The molecular weight excluding hydrogens is 326 g/mol. The predicted molar refractivity (Wildman–Crippen MR) is 89.2 cm³/mol. The van der Waals surface area contributed by atoms with Crippen LogP contribution in [0.4, 0.5) is 0 Å². The van der Waals surface area contributed by atoms with Crippen molar-refractivity contribution in [2.45, 2.75) is 63.5 Å². The van der Waals surface area contributed by atoms with Crippen LogP contribution in [0.2, 0.25) is 0 Å². The highest BCUT2D eigenvalue weighted by Gasteiger charge is 2.44. The Hall–Kier alpha value is -1.48. The average molecular weight is 351 g/mol. The third-order valence-corrected chi connectivity index (χ3v) is 5.36. The molecule has 0 amide bonds. The first-order valence-corrected chi connectivity index (χ1v) is 9.10. The quantitative estimate of drug-likeness (QED) is 0.860. The number of aromatic nitrogens is 2. The Balaban J connectivity index is 1.40. The van der Waals surface area contributed by atoms with Gasteiger partial charge in [-0.05, 0) is 39.0 Å². The zero-order valence-corrected chi connectivity index (χ0v) is 14.5. The van der Waals surface area contributed by atoms with Crippen molar-refractivity contribution in [2.24, 2.45) is 0 Å². The molecule has 0 bridgehead atoms. The molecule has 0 aliphatic carbocycles. The molecule has 0 aromatic carbocycles. The minimum atomic E-state index is -0.349. The second kappa shape index (κ2) is 7.03. The van der Waals surface area contributed by atoms with E-state index in [4.69, 9.17) is 14.3 Å². The van der Waals surface area contributed by atoms with Crippen molar-refractivity contribution in [3.05, 3.63) is 32.6 Å². The van der Waals surface area contributed by atoms with E-state index < -0.39 is 0 Å². The zero-order chi connectivity index (χ0) is 17.4. The molecule has 8 nitrogen and oxygen atoms in total. The van der Waals surface area contributed by atoms with E-state index in [-0.39, 0.29) is 35.7 Å². The highest BCUT2D eigenvalue weighted by Crippen LogP contribution is 2.37. The zero-order valence-electron chi connectivity index (χ0n) is 14.5. The van der Waals surface area contributed by atoms with E-state index in [1.807, 2.05) is 5.06 Å². The summed E-state index contributed by atoms with van der Waals surface area (Å²) >= 11 is 0. The van der Waals surface area contributed by atoms with Gasteiger partial charge in [-0.25, -0.2) is 4.79 Å². The van der Waals surface area contributed by atoms with E-state index in [1.165, 1.54) is 0 Å². The van der Waals surface area contributed by atoms with Crippen LogP contribution in [0.3, 0.4) is 0 Å².